The summed E-state index contributed by atoms with van der Waals surface area (Å²) in [5, 5.41) is 9.60. The van der Waals surface area contributed by atoms with E-state index < -0.39 is 17.5 Å². The molecule has 1 aromatic rings. The van der Waals surface area contributed by atoms with E-state index in [4.69, 9.17) is 0 Å². The smallest absolute Gasteiger partial charge is 0.407 e. The van der Waals surface area contributed by atoms with Gasteiger partial charge in [0, 0.05) is 28.9 Å². The van der Waals surface area contributed by atoms with Crippen LogP contribution in [0.4, 0.5) is 4.79 Å². The zero-order chi connectivity index (χ0) is 18.7. The van der Waals surface area contributed by atoms with Crippen molar-refractivity contribution in [1.82, 2.24) is 9.62 Å². The second-order valence-electron chi connectivity index (χ2n) is 9.15. The number of carboxylic acid groups (broad SMARTS) is 1. The van der Waals surface area contributed by atoms with Gasteiger partial charge in [-0.15, -0.1) is 4.72 Å². The molecule has 0 radical (unpaired) electrons. The lowest BCUT2D eigenvalue weighted by Crippen LogP contribution is -2.54. The molecule has 4 rings (SSSR count). The van der Waals surface area contributed by atoms with Gasteiger partial charge in [-0.25, -0.2) is 4.79 Å². The highest BCUT2D eigenvalue weighted by molar-refractivity contribution is 7.90. The highest BCUT2D eigenvalue weighted by Gasteiger charge is 2.57. The summed E-state index contributed by atoms with van der Waals surface area (Å²) in [7, 11) is 0. The number of amides is 1. The lowest BCUT2D eigenvalue weighted by Gasteiger charge is -2.47. The molecule has 0 saturated carbocycles. The van der Waals surface area contributed by atoms with Crippen LogP contribution in [0.15, 0.2) is 24.3 Å². The first-order chi connectivity index (χ1) is 12.2. The molecular formula is C20H28N2O3S. The van der Waals surface area contributed by atoms with Gasteiger partial charge in [-0.2, -0.15) is 0 Å². The molecule has 1 amide bonds. The van der Waals surface area contributed by atoms with E-state index in [2.05, 4.69) is 22.9 Å². The summed E-state index contributed by atoms with van der Waals surface area (Å²) >= 11 is -1.16. The van der Waals surface area contributed by atoms with Gasteiger partial charge in [0.2, 0.25) is 0 Å². The molecule has 142 valence electrons. The maximum Gasteiger partial charge on any atom is 0.407 e. The summed E-state index contributed by atoms with van der Waals surface area (Å²) in [4.78, 5) is 13.4. The molecule has 2 saturated heterocycles. The standard InChI is InChI=1S/C20H28N2O3S/c1-19(2,3)26(25)21-17-16-7-5-4-6-13(16)10-20(17)11-14-8-9-15(12-20)22(14)18(23)24/h4-7,14-15,17,21H,8-12H2,1-3H3,(H,23,24)/t14-,15+,17-,20-,26-/m1/s1. The summed E-state index contributed by atoms with van der Waals surface area (Å²) in [6.45, 7) is 5.96. The van der Waals surface area contributed by atoms with Crippen LogP contribution in [0, 0.1) is 5.41 Å². The molecule has 2 aliphatic heterocycles. The average Bonchev–Trinajstić information content (AvgIpc) is 3.00. The van der Waals surface area contributed by atoms with Crippen molar-refractivity contribution in [3.05, 3.63) is 35.4 Å². The van der Waals surface area contributed by atoms with Crippen molar-refractivity contribution in [2.45, 2.75) is 75.7 Å². The summed E-state index contributed by atoms with van der Waals surface area (Å²) in [5.41, 5.74) is 2.52. The van der Waals surface area contributed by atoms with Crippen LogP contribution in [0.25, 0.3) is 0 Å². The predicted molar refractivity (Wildman–Crippen MR) is 102 cm³/mol. The Labute approximate surface area is 158 Å². The molecule has 0 aromatic heterocycles. The Balaban J connectivity index is 1.68. The third-order valence-corrected chi connectivity index (χ3v) is 7.99. The van der Waals surface area contributed by atoms with Crippen molar-refractivity contribution in [1.29, 1.82) is 0 Å². The number of fused-ring (bicyclic) bond motifs is 3. The van der Waals surface area contributed by atoms with Crippen molar-refractivity contribution in [2.75, 3.05) is 0 Å². The number of benzene rings is 1. The number of hydrogen-bond donors (Lipinski definition) is 2. The van der Waals surface area contributed by atoms with E-state index in [0.29, 0.717) is 0 Å². The number of nitrogens with one attached hydrogen (secondary N) is 1. The fourth-order valence-corrected chi connectivity index (χ4v) is 6.28. The summed E-state index contributed by atoms with van der Waals surface area (Å²) in [6, 6.07) is 8.64. The predicted octanol–water partition coefficient (Wildman–Crippen LogP) is 3.63. The van der Waals surface area contributed by atoms with Crippen LogP contribution in [0.2, 0.25) is 0 Å². The van der Waals surface area contributed by atoms with Gasteiger partial charge in [-0.1, -0.05) is 24.3 Å². The SMILES string of the molecule is CC(C)(C)[S@@+]([O-])N[C@@H]1c2ccccc2C[C@]12C[C@H]1CC[C@@H](C2)N1C(=O)O. The van der Waals surface area contributed by atoms with Crippen LogP contribution in [0.3, 0.4) is 0 Å². The van der Waals surface area contributed by atoms with E-state index in [1.807, 2.05) is 26.8 Å². The molecule has 26 heavy (non-hydrogen) atoms. The Morgan fingerprint density at radius 3 is 2.46 bits per heavy atom. The number of nitrogens with zero attached hydrogens (tertiary/aromatic N) is 1. The van der Waals surface area contributed by atoms with Crippen LogP contribution in [0.5, 0.6) is 0 Å². The first-order valence-corrected chi connectivity index (χ1v) is 10.6. The third kappa shape index (κ3) is 2.83. The fraction of sp³-hybridized carbons (Fsp3) is 0.650. The second-order valence-corrected chi connectivity index (χ2v) is 11.2. The molecule has 0 unspecified atom stereocenters. The Morgan fingerprint density at radius 1 is 1.27 bits per heavy atom. The fourth-order valence-electron chi connectivity index (χ4n) is 5.34. The van der Waals surface area contributed by atoms with E-state index >= 15 is 0 Å². The monoisotopic (exact) mass is 376 g/mol. The number of carbonyl (C=O) groups is 1. The number of hydrogen-bond acceptors (Lipinski definition) is 3. The maximum atomic E-state index is 12.9. The van der Waals surface area contributed by atoms with Crippen molar-refractivity contribution >= 4 is 17.5 Å². The molecule has 2 fully saturated rings. The normalized spacial score (nSPS) is 34.2. The Kier molecular flexibility index (Phi) is 4.29. The van der Waals surface area contributed by atoms with Crippen LogP contribution in [0.1, 0.15) is 63.6 Å². The van der Waals surface area contributed by atoms with E-state index in [0.717, 1.165) is 32.1 Å². The van der Waals surface area contributed by atoms with Gasteiger partial charge in [-0.3, -0.25) is 0 Å². The van der Waals surface area contributed by atoms with Gasteiger partial charge in [0.05, 0.1) is 6.04 Å². The summed E-state index contributed by atoms with van der Waals surface area (Å²) in [5.74, 6) is 0. The van der Waals surface area contributed by atoms with Crippen LogP contribution in [-0.2, 0) is 17.8 Å². The van der Waals surface area contributed by atoms with Crippen molar-refractivity contribution < 1.29 is 14.5 Å². The molecule has 3 aliphatic rings. The lowest BCUT2D eigenvalue weighted by atomic mass is 9.70. The average molecular weight is 377 g/mol. The van der Waals surface area contributed by atoms with Gasteiger partial charge in [-0.05, 0) is 64.0 Å². The third-order valence-electron chi connectivity index (χ3n) is 6.43. The Bertz CT molecular complexity index is 703. The van der Waals surface area contributed by atoms with Crippen LogP contribution in [-0.4, -0.2) is 37.5 Å². The van der Waals surface area contributed by atoms with E-state index in [1.165, 1.54) is 11.1 Å². The number of piperidine rings is 1. The maximum absolute atomic E-state index is 12.9. The molecule has 2 bridgehead atoms. The molecule has 6 heteroatoms. The molecule has 2 heterocycles. The Morgan fingerprint density at radius 2 is 1.88 bits per heavy atom. The zero-order valence-corrected chi connectivity index (χ0v) is 16.5. The van der Waals surface area contributed by atoms with Crippen LogP contribution < -0.4 is 4.72 Å². The van der Waals surface area contributed by atoms with Crippen molar-refractivity contribution in [3.8, 4) is 0 Å². The lowest BCUT2D eigenvalue weighted by molar-refractivity contribution is 0.0315. The number of rotatable bonds is 2. The van der Waals surface area contributed by atoms with Gasteiger partial charge in [0.15, 0.2) is 0 Å². The van der Waals surface area contributed by atoms with E-state index in [1.54, 1.807) is 4.90 Å². The first-order valence-electron chi connectivity index (χ1n) is 9.48. The van der Waals surface area contributed by atoms with Crippen LogP contribution >= 0.6 is 0 Å². The largest absolute Gasteiger partial charge is 0.598 e. The van der Waals surface area contributed by atoms with E-state index in [-0.39, 0.29) is 28.3 Å². The van der Waals surface area contributed by atoms with Gasteiger partial charge in [0.1, 0.15) is 4.75 Å². The highest BCUT2D eigenvalue weighted by Crippen LogP contribution is 2.57. The first kappa shape index (κ1) is 18.1. The minimum Gasteiger partial charge on any atom is -0.598 e. The molecule has 5 nitrogen and oxygen atoms in total. The van der Waals surface area contributed by atoms with E-state index in [9.17, 15) is 14.5 Å². The second kappa shape index (κ2) is 6.14. The summed E-state index contributed by atoms with van der Waals surface area (Å²) in [6.07, 6.45) is 3.76. The highest BCUT2D eigenvalue weighted by atomic mass is 32.2. The zero-order valence-electron chi connectivity index (χ0n) is 15.7. The van der Waals surface area contributed by atoms with Crippen molar-refractivity contribution in [2.24, 2.45) is 5.41 Å². The Hall–Kier alpha value is -1.24. The van der Waals surface area contributed by atoms with Gasteiger partial charge in [0.25, 0.3) is 0 Å². The molecule has 1 spiro atoms. The molecule has 2 N–H and O–H groups in total. The molecular weight excluding hydrogens is 348 g/mol. The molecule has 5 atom stereocenters. The quantitative estimate of drug-likeness (QED) is 0.773. The topological polar surface area (TPSA) is 75.6 Å². The minimum absolute atomic E-state index is 0.0257. The molecule has 1 aliphatic carbocycles. The minimum atomic E-state index is -1.16. The summed E-state index contributed by atoms with van der Waals surface area (Å²) < 4.78 is 16.0. The van der Waals surface area contributed by atoms with Gasteiger partial charge < -0.3 is 14.6 Å². The van der Waals surface area contributed by atoms with Gasteiger partial charge >= 0.3 is 6.09 Å². The molecule has 1 aromatic carbocycles. The van der Waals surface area contributed by atoms with Crippen molar-refractivity contribution in [3.63, 3.8) is 0 Å².